The molecule has 0 aliphatic carbocycles. The van der Waals surface area contributed by atoms with Crippen LogP contribution in [0.4, 0.5) is 5.82 Å². The molecule has 0 aliphatic heterocycles. The zero-order valence-corrected chi connectivity index (χ0v) is 11.2. The van der Waals surface area contributed by atoms with Gasteiger partial charge >= 0.3 is 0 Å². The summed E-state index contributed by atoms with van der Waals surface area (Å²) in [6.07, 6.45) is 3.35. The van der Waals surface area contributed by atoms with E-state index in [9.17, 15) is 0 Å². The summed E-state index contributed by atoms with van der Waals surface area (Å²) in [5.74, 6) is 1.83. The Kier molecular flexibility index (Phi) is 3.63. The Balaban J connectivity index is 2.49. The summed E-state index contributed by atoms with van der Waals surface area (Å²) < 4.78 is 0.874. The van der Waals surface area contributed by atoms with Gasteiger partial charge in [0.2, 0.25) is 0 Å². The number of hydrogen-bond acceptors (Lipinski definition) is 5. The fraction of sp³-hybridized carbons (Fsp3) is 0.273. The topological polar surface area (TPSA) is 63.6 Å². The van der Waals surface area contributed by atoms with Gasteiger partial charge in [-0.05, 0) is 35.8 Å². The Morgan fingerprint density at radius 1 is 1.18 bits per heavy atom. The van der Waals surface area contributed by atoms with Gasteiger partial charge < -0.3 is 5.32 Å². The molecule has 0 fully saturated rings. The van der Waals surface area contributed by atoms with Crippen molar-refractivity contribution in [1.29, 1.82) is 0 Å². The molecule has 0 atom stereocenters. The molecule has 0 saturated carbocycles. The molecule has 2 rings (SSSR count). The van der Waals surface area contributed by atoms with Crippen molar-refractivity contribution in [3.05, 3.63) is 28.6 Å². The highest BCUT2D eigenvalue weighted by Crippen LogP contribution is 2.25. The minimum Gasteiger partial charge on any atom is -0.369 e. The van der Waals surface area contributed by atoms with Crippen molar-refractivity contribution in [3.63, 3.8) is 0 Å². The number of nitrogens with zero attached hydrogens (tertiary/aromatic N) is 4. The normalized spacial score (nSPS) is 10.3. The quantitative estimate of drug-likeness (QED) is 0.942. The first kappa shape index (κ1) is 11.9. The molecule has 1 N–H and O–H groups in total. The molecule has 2 aromatic rings. The van der Waals surface area contributed by atoms with E-state index in [1.165, 1.54) is 0 Å². The van der Waals surface area contributed by atoms with Crippen molar-refractivity contribution in [2.45, 2.75) is 13.8 Å². The third-order valence-corrected chi connectivity index (χ3v) is 3.08. The van der Waals surface area contributed by atoms with E-state index < -0.39 is 0 Å². The number of nitrogens with one attached hydrogen (secondary N) is 1. The SMILES string of the molecule is CCNc1nc(-c2ncccn2)nc(C)c1Br. The lowest BCUT2D eigenvalue weighted by atomic mass is 10.4. The Hall–Kier alpha value is -1.56. The fourth-order valence-corrected chi connectivity index (χ4v) is 1.68. The van der Waals surface area contributed by atoms with Crippen molar-refractivity contribution >= 4 is 21.7 Å². The molecule has 0 aromatic carbocycles. The van der Waals surface area contributed by atoms with Crippen molar-refractivity contribution in [2.75, 3.05) is 11.9 Å². The van der Waals surface area contributed by atoms with Gasteiger partial charge in [-0.15, -0.1) is 0 Å². The number of anilines is 1. The third kappa shape index (κ3) is 2.58. The highest BCUT2D eigenvalue weighted by molar-refractivity contribution is 9.10. The first-order chi connectivity index (χ1) is 8.22. The van der Waals surface area contributed by atoms with Gasteiger partial charge in [-0.1, -0.05) is 0 Å². The maximum atomic E-state index is 4.40. The number of hydrogen-bond donors (Lipinski definition) is 1. The van der Waals surface area contributed by atoms with Crippen LogP contribution in [0.1, 0.15) is 12.6 Å². The monoisotopic (exact) mass is 293 g/mol. The fourth-order valence-electron chi connectivity index (χ4n) is 1.36. The van der Waals surface area contributed by atoms with Gasteiger partial charge in [0.05, 0.1) is 10.2 Å². The molecule has 5 nitrogen and oxygen atoms in total. The minimum absolute atomic E-state index is 0.530. The third-order valence-electron chi connectivity index (χ3n) is 2.13. The van der Waals surface area contributed by atoms with Crippen molar-refractivity contribution in [3.8, 4) is 11.6 Å². The summed E-state index contributed by atoms with van der Waals surface area (Å²) in [6.45, 7) is 4.73. The van der Waals surface area contributed by atoms with Crippen LogP contribution < -0.4 is 5.32 Å². The number of halogens is 1. The van der Waals surface area contributed by atoms with Crippen LogP contribution in [0.2, 0.25) is 0 Å². The lowest BCUT2D eigenvalue weighted by Gasteiger charge is -2.08. The highest BCUT2D eigenvalue weighted by atomic mass is 79.9. The van der Waals surface area contributed by atoms with E-state index in [4.69, 9.17) is 0 Å². The molecular weight excluding hydrogens is 282 g/mol. The summed E-state index contributed by atoms with van der Waals surface area (Å²) in [7, 11) is 0. The van der Waals surface area contributed by atoms with Crippen LogP contribution in [0.25, 0.3) is 11.6 Å². The molecular formula is C11H12BrN5. The van der Waals surface area contributed by atoms with Crippen LogP contribution in [0.3, 0.4) is 0 Å². The van der Waals surface area contributed by atoms with Crippen LogP contribution in [-0.4, -0.2) is 26.5 Å². The van der Waals surface area contributed by atoms with Gasteiger partial charge in [0.25, 0.3) is 0 Å². The summed E-state index contributed by atoms with van der Waals surface area (Å²) in [4.78, 5) is 17.0. The van der Waals surface area contributed by atoms with Gasteiger partial charge in [-0.3, -0.25) is 0 Å². The van der Waals surface area contributed by atoms with E-state index in [2.05, 4.69) is 41.2 Å². The lowest BCUT2D eigenvalue weighted by Crippen LogP contribution is -2.05. The number of aryl methyl sites for hydroxylation is 1. The average Bonchev–Trinajstić information content (AvgIpc) is 2.36. The van der Waals surface area contributed by atoms with Gasteiger partial charge in [-0.25, -0.2) is 19.9 Å². The average molecular weight is 294 g/mol. The Bertz CT molecular complexity index is 515. The first-order valence-electron chi connectivity index (χ1n) is 5.27. The minimum atomic E-state index is 0.530. The largest absolute Gasteiger partial charge is 0.369 e. The maximum Gasteiger partial charge on any atom is 0.199 e. The predicted molar refractivity (Wildman–Crippen MR) is 69.7 cm³/mol. The second-order valence-corrected chi connectivity index (χ2v) is 4.19. The van der Waals surface area contributed by atoms with Gasteiger partial charge in [0.15, 0.2) is 11.6 Å². The van der Waals surface area contributed by atoms with E-state index in [1.807, 2.05) is 13.8 Å². The van der Waals surface area contributed by atoms with Crippen LogP contribution in [0.5, 0.6) is 0 Å². The van der Waals surface area contributed by atoms with Crippen molar-refractivity contribution in [1.82, 2.24) is 19.9 Å². The van der Waals surface area contributed by atoms with Crippen LogP contribution in [-0.2, 0) is 0 Å². The second-order valence-electron chi connectivity index (χ2n) is 3.40. The number of rotatable bonds is 3. The van der Waals surface area contributed by atoms with E-state index in [0.29, 0.717) is 11.6 Å². The molecule has 6 heteroatoms. The standard InChI is InChI=1S/C11H12BrN5/c1-3-13-9-8(12)7(2)16-11(17-9)10-14-5-4-6-15-10/h4-6H,3H2,1-2H3,(H,13,16,17). The molecule has 0 amide bonds. The Morgan fingerprint density at radius 2 is 1.88 bits per heavy atom. The lowest BCUT2D eigenvalue weighted by molar-refractivity contribution is 1.02. The summed E-state index contributed by atoms with van der Waals surface area (Å²) in [6, 6.07) is 1.76. The van der Waals surface area contributed by atoms with Crippen molar-refractivity contribution < 1.29 is 0 Å². The zero-order chi connectivity index (χ0) is 12.3. The summed E-state index contributed by atoms with van der Waals surface area (Å²) in [5.41, 5.74) is 0.860. The first-order valence-corrected chi connectivity index (χ1v) is 6.07. The molecule has 2 heterocycles. The molecule has 2 aromatic heterocycles. The van der Waals surface area contributed by atoms with Gasteiger partial charge in [0.1, 0.15) is 5.82 Å². The Labute approximate surface area is 108 Å². The van der Waals surface area contributed by atoms with E-state index in [0.717, 1.165) is 22.5 Å². The molecule has 17 heavy (non-hydrogen) atoms. The highest BCUT2D eigenvalue weighted by Gasteiger charge is 2.11. The maximum absolute atomic E-state index is 4.40. The van der Waals surface area contributed by atoms with E-state index >= 15 is 0 Å². The molecule has 0 saturated heterocycles. The smallest absolute Gasteiger partial charge is 0.199 e. The van der Waals surface area contributed by atoms with Crippen LogP contribution in [0, 0.1) is 6.92 Å². The summed E-state index contributed by atoms with van der Waals surface area (Å²) in [5, 5.41) is 3.17. The molecule has 0 bridgehead atoms. The van der Waals surface area contributed by atoms with E-state index in [-0.39, 0.29) is 0 Å². The molecule has 88 valence electrons. The van der Waals surface area contributed by atoms with Crippen LogP contribution >= 0.6 is 15.9 Å². The second kappa shape index (κ2) is 5.18. The van der Waals surface area contributed by atoms with Crippen LogP contribution in [0.15, 0.2) is 22.9 Å². The number of aromatic nitrogens is 4. The van der Waals surface area contributed by atoms with E-state index in [1.54, 1.807) is 18.5 Å². The van der Waals surface area contributed by atoms with Crippen molar-refractivity contribution in [2.24, 2.45) is 0 Å². The predicted octanol–water partition coefficient (Wildman–Crippen LogP) is 2.44. The molecule has 0 spiro atoms. The molecule has 0 unspecified atom stereocenters. The molecule has 0 radical (unpaired) electrons. The van der Waals surface area contributed by atoms with Gasteiger partial charge in [-0.2, -0.15) is 0 Å². The molecule has 0 aliphatic rings. The van der Waals surface area contributed by atoms with Gasteiger partial charge in [0, 0.05) is 18.9 Å². The summed E-state index contributed by atoms with van der Waals surface area (Å²) >= 11 is 3.46. The Morgan fingerprint density at radius 3 is 2.53 bits per heavy atom. The zero-order valence-electron chi connectivity index (χ0n) is 9.61.